The minimum atomic E-state index is -0.0535. The monoisotopic (exact) mass is 280 g/mol. The van der Waals surface area contributed by atoms with Gasteiger partial charge >= 0.3 is 0 Å². The standard InChI is InChI=1S/C16H16N4O/c1-17-10-15(21)20-12-4-2-11(3-5-12)13-6-8-18-16-14(13)7-9-19-16/h2-9,17H,10H2,1H3,(H,18,19)(H,20,21). The second-order valence-electron chi connectivity index (χ2n) is 4.75. The highest BCUT2D eigenvalue weighted by atomic mass is 16.1. The average molecular weight is 280 g/mol. The fraction of sp³-hybridized carbons (Fsp3) is 0.125. The summed E-state index contributed by atoms with van der Waals surface area (Å²) in [7, 11) is 1.74. The van der Waals surface area contributed by atoms with Gasteiger partial charge in [-0.15, -0.1) is 0 Å². The molecule has 5 nitrogen and oxygen atoms in total. The molecule has 5 heteroatoms. The number of pyridine rings is 1. The van der Waals surface area contributed by atoms with Gasteiger partial charge in [-0.25, -0.2) is 4.98 Å². The fourth-order valence-electron chi connectivity index (χ4n) is 2.31. The lowest BCUT2D eigenvalue weighted by atomic mass is 10.0. The molecule has 0 radical (unpaired) electrons. The Morgan fingerprint density at radius 1 is 1.19 bits per heavy atom. The fourth-order valence-corrected chi connectivity index (χ4v) is 2.31. The molecule has 0 atom stereocenters. The van der Waals surface area contributed by atoms with Crippen molar-refractivity contribution in [2.24, 2.45) is 0 Å². The minimum absolute atomic E-state index is 0.0535. The zero-order chi connectivity index (χ0) is 14.7. The van der Waals surface area contributed by atoms with Crippen molar-refractivity contribution < 1.29 is 4.79 Å². The largest absolute Gasteiger partial charge is 0.346 e. The number of rotatable bonds is 4. The van der Waals surface area contributed by atoms with Crippen LogP contribution in [0.15, 0.2) is 48.8 Å². The Labute approximate surface area is 122 Å². The lowest BCUT2D eigenvalue weighted by Gasteiger charge is -2.07. The number of hydrogen-bond donors (Lipinski definition) is 3. The molecule has 21 heavy (non-hydrogen) atoms. The summed E-state index contributed by atoms with van der Waals surface area (Å²) < 4.78 is 0. The van der Waals surface area contributed by atoms with Gasteiger partial charge in [0.15, 0.2) is 0 Å². The first-order valence-electron chi connectivity index (χ1n) is 6.75. The smallest absolute Gasteiger partial charge is 0.238 e. The lowest BCUT2D eigenvalue weighted by molar-refractivity contribution is -0.115. The van der Waals surface area contributed by atoms with E-state index < -0.39 is 0 Å². The second-order valence-corrected chi connectivity index (χ2v) is 4.75. The van der Waals surface area contributed by atoms with Crippen molar-refractivity contribution in [3.05, 3.63) is 48.8 Å². The number of nitrogens with one attached hydrogen (secondary N) is 3. The van der Waals surface area contributed by atoms with E-state index in [1.807, 2.05) is 42.6 Å². The molecule has 0 saturated heterocycles. The number of carbonyl (C=O) groups excluding carboxylic acids is 1. The molecule has 0 saturated carbocycles. The predicted molar refractivity (Wildman–Crippen MR) is 84.1 cm³/mol. The number of benzene rings is 1. The number of aromatic nitrogens is 2. The van der Waals surface area contributed by atoms with Gasteiger partial charge in [0.05, 0.1) is 6.54 Å². The molecule has 0 fully saturated rings. The van der Waals surface area contributed by atoms with Gasteiger partial charge in [-0.1, -0.05) is 12.1 Å². The Kier molecular flexibility index (Phi) is 3.66. The molecule has 2 heterocycles. The summed E-state index contributed by atoms with van der Waals surface area (Å²) in [6.07, 6.45) is 3.67. The third-order valence-electron chi connectivity index (χ3n) is 3.28. The number of anilines is 1. The molecule has 3 aromatic rings. The van der Waals surface area contributed by atoms with Crippen LogP contribution in [0.4, 0.5) is 5.69 Å². The molecule has 0 unspecified atom stereocenters. The normalized spacial score (nSPS) is 10.7. The number of H-pyrrole nitrogens is 1. The van der Waals surface area contributed by atoms with Gasteiger partial charge in [-0.2, -0.15) is 0 Å². The van der Waals surface area contributed by atoms with Gasteiger partial charge in [-0.3, -0.25) is 4.79 Å². The van der Waals surface area contributed by atoms with E-state index in [2.05, 4.69) is 20.6 Å². The second kappa shape index (κ2) is 5.76. The molecule has 3 N–H and O–H groups in total. The number of likely N-dealkylation sites (N-methyl/N-ethyl adjacent to an activating group) is 1. The molecule has 3 rings (SSSR count). The maximum atomic E-state index is 11.5. The predicted octanol–water partition coefficient (Wildman–Crippen LogP) is 2.39. The first-order chi connectivity index (χ1) is 10.3. The molecule has 2 aromatic heterocycles. The molecule has 1 amide bonds. The Morgan fingerprint density at radius 2 is 2.00 bits per heavy atom. The molecule has 106 valence electrons. The van der Waals surface area contributed by atoms with Gasteiger partial charge in [0.2, 0.25) is 5.91 Å². The van der Waals surface area contributed by atoms with Crippen LogP contribution in [0.3, 0.4) is 0 Å². The van der Waals surface area contributed by atoms with Crippen molar-refractivity contribution in [1.82, 2.24) is 15.3 Å². The summed E-state index contributed by atoms with van der Waals surface area (Å²) in [4.78, 5) is 18.9. The Bertz CT molecular complexity index is 761. The van der Waals surface area contributed by atoms with Crippen LogP contribution in [-0.4, -0.2) is 29.5 Å². The highest BCUT2D eigenvalue weighted by Gasteiger charge is 2.06. The van der Waals surface area contributed by atoms with Crippen molar-refractivity contribution in [3.8, 4) is 11.1 Å². The summed E-state index contributed by atoms with van der Waals surface area (Å²) in [5, 5.41) is 6.74. The van der Waals surface area contributed by atoms with Gasteiger partial charge in [0.1, 0.15) is 5.65 Å². The summed E-state index contributed by atoms with van der Waals surface area (Å²) >= 11 is 0. The van der Waals surface area contributed by atoms with Gasteiger partial charge < -0.3 is 15.6 Å². The molecule has 0 aliphatic rings. The van der Waals surface area contributed by atoms with E-state index in [-0.39, 0.29) is 5.91 Å². The van der Waals surface area contributed by atoms with E-state index in [0.29, 0.717) is 6.54 Å². The first-order valence-corrected chi connectivity index (χ1v) is 6.75. The van der Waals surface area contributed by atoms with Crippen molar-refractivity contribution in [3.63, 3.8) is 0 Å². The number of carbonyl (C=O) groups is 1. The summed E-state index contributed by atoms with van der Waals surface area (Å²) in [5.41, 5.74) is 3.88. The topological polar surface area (TPSA) is 69.8 Å². The molecule has 0 spiro atoms. The minimum Gasteiger partial charge on any atom is -0.346 e. The van der Waals surface area contributed by atoms with E-state index in [9.17, 15) is 4.79 Å². The van der Waals surface area contributed by atoms with Crippen LogP contribution < -0.4 is 10.6 Å². The third-order valence-corrected chi connectivity index (χ3v) is 3.28. The Morgan fingerprint density at radius 3 is 2.76 bits per heavy atom. The lowest BCUT2D eigenvalue weighted by Crippen LogP contribution is -2.24. The Balaban J connectivity index is 1.87. The molecule has 0 bridgehead atoms. The van der Waals surface area contributed by atoms with E-state index in [1.165, 1.54) is 0 Å². The van der Waals surface area contributed by atoms with Crippen molar-refractivity contribution in [2.45, 2.75) is 0 Å². The molecule has 0 aliphatic heterocycles. The van der Waals surface area contributed by atoms with E-state index in [4.69, 9.17) is 0 Å². The maximum absolute atomic E-state index is 11.5. The summed E-state index contributed by atoms with van der Waals surface area (Å²) in [6.45, 7) is 0.302. The number of nitrogens with zero attached hydrogens (tertiary/aromatic N) is 1. The molecular weight excluding hydrogens is 264 g/mol. The van der Waals surface area contributed by atoms with Crippen LogP contribution in [0.5, 0.6) is 0 Å². The summed E-state index contributed by atoms with van der Waals surface area (Å²) in [6, 6.07) is 11.8. The average Bonchev–Trinajstić information content (AvgIpc) is 2.97. The Hall–Kier alpha value is -2.66. The third kappa shape index (κ3) is 2.78. The molecular formula is C16H16N4O. The van der Waals surface area contributed by atoms with Crippen molar-refractivity contribution >= 4 is 22.6 Å². The van der Waals surface area contributed by atoms with E-state index >= 15 is 0 Å². The number of hydrogen-bond acceptors (Lipinski definition) is 3. The van der Waals surface area contributed by atoms with Crippen LogP contribution in [-0.2, 0) is 4.79 Å². The van der Waals surface area contributed by atoms with Gasteiger partial charge in [-0.05, 0) is 42.4 Å². The van der Waals surface area contributed by atoms with Gasteiger partial charge in [0, 0.05) is 23.5 Å². The SMILES string of the molecule is CNCC(=O)Nc1ccc(-c2ccnc3[nH]ccc23)cc1. The first kappa shape index (κ1) is 13.3. The van der Waals surface area contributed by atoms with E-state index in [1.54, 1.807) is 13.2 Å². The summed E-state index contributed by atoms with van der Waals surface area (Å²) in [5.74, 6) is -0.0535. The highest BCUT2D eigenvalue weighted by Crippen LogP contribution is 2.27. The van der Waals surface area contributed by atoms with Crippen molar-refractivity contribution in [1.29, 1.82) is 0 Å². The van der Waals surface area contributed by atoms with Crippen LogP contribution in [0, 0.1) is 0 Å². The van der Waals surface area contributed by atoms with Crippen molar-refractivity contribution in [2.75, 3.05) is 18.9 Å². The van der Waals surface area contributed by atoms with Crippen LogP contribution >= 0.6 is 0 Å². The van der Waals surface area contributed by atoms with Crippen LogP contribution in [0.2, 0.25) is 0 Å². The van der Waals surface area contributed by atoms with Crippen LogP contribution in [0.1, 0.15) is 0 Å². The number of fused-ring (bicyclic) bond motifs is 1. The maximum Gasteiger partial charge on any atom is 0.238 e. The molecule has 0 aliphatic carbocycles. The van der Waals surface area contributed by atoms with Crippen LogP contribution in [0.25, 0.3) is 22.2 Å². The number of amides is 1. The quantitative estimate of drug-likeness (QED) is 0.687. The van der Waals surface area contributed by atoms with E-state index in [0.717, 1.165) is 27.8 Å². The van der Waals surface area contributed by atoms with Gasteiger partial charge in [0.25, 0.3) is 0 Å². The number of aromatic amines is 1. The molecule has 1 aromatic carbocycles. The zero-order valence-electron chi connectivity index (χ0n) is 11.7. The highest BCUT2D eigenvalue weighted by molar-refractivity contribution is 5.94. The zero-order valence-corrected chi connectivity index (χ0v) is 11.7.